The first-order valence-corrected chi connectivity index (χ1v) is 3.68. The molecule has 0 radical (unpaired) electrons. The highest BCUT2D eigenvalue weighted by atomic mass is 16.1. The Hall–Kier alpha value is -1.06. The molecule has 11 heavy (non-hydrogen) atoms. The van der Waals surface area contributed by atoms with E-state index in [2.05, 4.69) is 10.5 Å². The number of nitrogens with one attached hydrogen (secondary N) is 1. The first kappa shape index (κ1) is 8.04. The molecule has 0 aromatic rings. The lowest BCUT2D eigenvalue weighted by atomic mass is 10.2. The molecular formula is C7H13N3O. The van der Waals surface area contributed by atoms with Crippen molar-refractivity contribution < 1.29 is 4.79 Å². The quantitative estimate of drug-likeness (QED) is 0.571. The van der Waals surface area contributed by atoms with Crippen LogP contribution in [0.25, 0.3) is 0 Å². The van der Waals surface area contributed by atoms with Crippen molar-refractivity contribution in [3.63, 3.8) is 0 Å². The lowest BCUT2D eigenvalue weighted by Crippen LogP contribution is -2.39. The van der Waals surface area contributed by atoms with Gasteiger partial charge in [-0.2, -0.15) is 5.10 Å². The van der Waals surface area contributed by atoms with Gasteiger partial charge in [0.05, 0.1) is 0 Å². The molecule has 1 rings (SSSR count). The summed E-state index contributed by atoms with van der Waals surface area (Å²) >= 11 is 0. The second-order valence-corrected chi connectivity index (χ2v) is 2.95. The summed E-state index contributed by atoms with van der Waals surface area (Å²) in [6, 6.07) is 0. The highest BCUT2D eigenvalue weighted by Gasteiger charge is 2.24. The summed E-state index contributed by atoms with van der Waals surface area (Å²) < 4.78 is 0. The Morgan fingerprint density at radius 3 is 2.64 bits per heavy atom. The maximum Gasteiger partial charge on any atom is 0.172 e. The fourth-order valence-electron chi connectivity index (χ4n) is 1.10. The van der Waals surface area contributed by atoms with E-state index >= 15 is 0 Å². The van der Waals surface area contributed by atoms with Crippen LogP contribution in [0, 0.1) is 5.92 Å². The third kappa shape index (κ3) is 1.34. The van der Waals surface area contributed by atoms with Crippen molar-refractivity contribution >= 4 is 12.1 Å². The Morgan fingerprint density at radius 1 is 1.73 bits per heavy atom. The van der Waals surface area contributed by atoms with Crippen molar-refractivity contribution in [2.24, 2.45) is 11.0 Å². The van der Waals surface area contributed by atoms with Crippen LogP contribution in [0.1, 0.15) is 13.8 Å². The molecule has 4 heteroatoms. The normalized spacial score (nSPS) is 23.5. The Morgan fingerprint density at radius 2 is 2.36 bits per heavy atom. The van der Waals surface area contributed by atoms with E-state index in [1.807, 2.05) is 25.8 Å². The molecule has 1 atom stereocenters. The SMILES string of the molecule is CC(C)C1=NNC(C=O)N1C. The molecule has 1 N–H and O–H groups in total. The van der Waals surface area contributed by atoms with Gasteiger partial charge in [0.2, 0.25) is 0 Å². The van der Waals surface area contributed by atoms with Crippen molar-refractivity contribution in [1.29, 1.82) is 0 Å². The minimum atomic E-state index is -0.271. The van der Waals surface area contributed by atoms with E-state index in [1.165, 1.54) is 0 Å². The predicted molar refractivity (Wildman–Crippen MR) is 43.0 cm³/mol. The maximum atomic E-state index is 10.4. The third-order valence-corrected chi connectivity index (χ3v) is 1.74. The average molecular weight is 155 g/mol. The zero-order valence-corrected chi connectivity index (χ0v) is 7.03. The van der Waals surface area contributed by atoms with Gasteiger partial charge in [0.25, 0.3) is 0 Å². The van der Waals surface area contributed by atoms with Gasteiger partial charge < -0.3 is 4.90 Å². The van der Waals surface area contributed by atoms with Crippen LogP contribution in [0.4, 0.5) is 0 Å². The molecule has 4 nitrogen and oxygen atoms in total. The van der Waals surface area contributed by atoms with E-state index in [1.54, 1.807) is 0 Å². The fraction of sp³-hybridized carbons (Fsp3) is 0.714. The number of aldehydes is 1. The summed E-state index contributed by atoms with van der Waals surface area (Å²) in [6.07, 6.45) is 0.575. The van der Waals surface area contributed by atoms with Crippen LogP contribution in [-0.4, -0.2) is 30.2 Å². The van der Waals surface area contributed by atoms with Crippen LogP contribution < -0.4 is 5.43 Å². The van der Waals surface area contributed by atoms with Crippen molar-refractivity contribution in [3.8, 4) is 0 Å². The van der Waals surface area contributed by atoms with Gasteiger partial charge in [0, 0.05) is 13.0 Å². The van der Waals surface area contributed by atoms with Crippen molar-refractivity contribution in [1.82, 2.24) is 10.3 Å². The van der Waals surface area contributed by atoms with Crippen molar-refractivity contribution in [2.75, 3.05) is 7.05 Å². The number of hydrazone groups is 1. The molecule has 1 heterocycles. The Labute approximate surface area is 66.3 Å². The van der Waals surface area contributed by atoms with Crippen molar-refractivity contribution in [2.45, 2.75) is 20.0 Å². The largest absolute Gasteiger partial charge is 0.334 e. The zero-order valence-electron chi connectivity index (χ0n) is 7.03. The summed E-state index contributed by atoms with van der Waals surface area (Å²) in [7, 11) is 1.86. The fourth-order valence-corrected chi connectivity index (χ4v) is 1.10. The van der Waals surface area contributed by atoms with Crippen LogP contribution in [-0.2, 0) is 4.79 Å². The smallest absolute Gasteiger partial charge is 0.172 e. The van der Waals surface area contributed by atoms with E-state index in [4.69, 9.17) is 0 Å². The highest BCUT2D eigenvalue weighted by Crippen LogP contribution is 2.08. The summed E-state index contributed by atoms with van der Waals surface area (Å²) in [5, 5.41) is 4.03. The molecule has 1 unspecified atom stereocenters. The number of hydrogen-bond acceptors (Lipinski definition) is 4. The molecule has 1 aliphatic rings. The van der Waals surface area contributed by atoms with Crippen LogP contribution in [0.2, 0.25) is 0 Å². The number of carbonyl (C=O) groups excluding carboxylic acids is 1. The van der Waals surface area contributed by atoms with Gasteiger partial charge in [-0.1, -0.05) is 13.8 Å². The second-order valence-electron chi connectivity index (χ2n) is 2.95. The number of amidine groups is 1. The number of likely N-dealkylation sites (N-methyl/N-ethyl adjacent to an activating group) is 1. The molecule has 62 valence electrons. The Kier molecular flexibility index (Phi) is 2.12. The van der Waals surface area contributed by atoms with Gasteiger partial charge in [-0.3, -0.25) is 10.2 Å². The van der Waals surface area contributed by atoms with Crippen LogP contribution in [0.3, 0.4) is 0 Å². The molecule has 0 aliphatic carbocycles. The molecule has 0 spiro atoms. The first-order chi connectivity index (χ1) is 5.16. The molecule has 0 fully saturated rings. The number of rotatable bonds is 2. The van der Waals surface area contributed by atoms with Crippen LogP contribution >= 0.6 is 0 Å². The van der Waals surface area contributed by atoms with E-state index in [9.17, 15) is 4.79 Å². The molecule has 0 bridgehead atoms. The number of nitrogens with zero attached hydrogens (tertiary/aromatic N) is 2. The lowest BCUT2D eigenvalue weighted by molar-refractivity contribution is -0.111. The van der Waals surface area contributed by atoms with Crippen molar-refractivity contribution in [3.05, 3.63) is 0 Å². The zero-order chi connectivity index (χ0) is 8.43. The summed E-state index contributed by atoms with van der Waals surface area (Å²) in [5.41, 5.74) is 2.73. The lowest BCUT2D eigenvalue weighted by Gasteiger charge is -2.19. The second kappa shape index (κ2) is 2.90. The topological polar surface area (TPSA) is 44.7 Å². The van der Waals surface area contributed by atoms with E-state index in [0.717, 1.165) is 12.1 Å². The van der Waals surface area contributed by atoms with Crippen LogP contribution in [0.5, 0.6) is 0 Å². The van der Waals surface area contributed by atoms with Gasteiger partial charge in [0.15, 0.2) is 12.5 Å². The number of carbonyl (C=O) groups is 1. The van der Waals surface area contributed by atoms with Gasteiger partial charge in [-0.15, -0.1) is 0 Å². The molecule has 0 saturated heterocycles. The molecule has 0 aromatic carbocycles. The van der Waals surface area contributed by atoms with E-state index < -0.39 is 0 Å². The molecular weight excluding hydrogens is 142 g/mol. The molecule has 0 saturated carbocycles. The van der Waals surface area contributed by atoms with Gasteiger partial charge in [-0.25, -0.2) is 0 Å². The predicted octanol–water partition coefficient (Wildman–Crippen LogP) is 0.0159. The first-order valence-electron chi connectivity index (χ1n) is 3.68. The molecule has 1 aliphatic heterocycles. The minimum absolute atomic E-state index is 0.271. The Balaban J connectivity index is 2.66. The monoisotopic (exact) mass is 155 g/mol. The average Bonchev–Trinajstić information content (AvgIpc) is 2.30. The van der Waals surface area contributed by atoms with E-state index in [-0.39, 0.29) is 6.17 Å². The standard InChI is InChI=1S/C7H13N3O/c1-5(2)7-9-8-6(4-11)10(7)3/h4-6,8H,1-3H3. The summed E-state index contributed by atoms with van der Waals surface area (Å²) in [4.78, 5) is 12.3. The Bertz CT molecular complexity index is 188. The van der Waals surface area contributed by atoms with Gasteiger partial charge >= 0.3 is 0 Å². The maximum absolute atomic E-state index is 10.4. The summed E-state index contributed by atoms with van der Waals surface area (Å²) in [5.74, 6) is 1.29. The van der Waals surface area contributed by atoms with E-state index in [0.29, 0.717) is 5.92 Å². The van der Waals surface area contributed by atoms with Gasteiger partial charge in [-0.05, 0) is 0 Å². The molecule has 0 aromatic heterocycles. The molecule has 0 amide bonds. The number of hydrogen-bond donors (Lipinski definition) is 1. The third-order valence-electron chi connectivity index (χ3n) is 1.74. The minimum Gasteiger partial charge on any atom is -0.334 e. The summed E-state index contributed by atoms with van der Waals surface area (Å²) in [6.45, 7) is 4.09. The van der Waals surface area contributed by atoms with Gasteiger partial charge in [0.1, 0.15) is 5.84 Å². The highest BCUT2D eigenvalue weighted by molar-refractivity contribution is 5.87. The van der Waals surface area contributed by atoms with Crippen LogP contribution in [0.15, 0.2) is 5.10 Å².